The zero-order valence-electron chi connectivity index (χ0n) is 12.9. The zero-order chi connectivity index (χ0) is 15.9. The molecule has 23 heavy (non-hydrogen) atoms. The number of ether oxygens (including phenoxy) is 2. The lowest BCUT2D eigenvalue weighted by atomic mass is 10.2. The predicted octanol–water partition coefficient (Wildman–Crippen LogP) is 5.03. The molecule has 0 heterocycles. The number of benzene rings is 3. The van der Waals surface area contributed by atoms with E-state index >= 15 is 0 Å². The van der Waals surface area contributed by atoms with E-state index < -0.39 is 0 Å². The first-order valence-corrected chi connectivity index (χ1v) is 7.61. The van der Waals surface area contributed by atoms with Crippen LogP contribution in [-0.4, -0.2) is 0 Å². The highest BCUT2D eigenvalue weighted by molar-refractivity contribution is 5.42. The minimum atomic E-state index is 0.519. The molecular formula is C21H19O2. The Labute approximate surface area is 137 Å². The van der Waals surface area contributed by atoms with Crippen molar-refractivity contribution in [3.05, 3.63) is 102 Å². The molecule has 1 radical (unpaired) electrons. The Balaban J connectivity index is 1.64. The third-order valence-corrected chi connectivity index (χ3v) is 3.52. The Morgan fingerprint density at radius 2 is 1.22 bits per heavy atom. The summed E-state index contributed by atoms with van der Waals surface area (Å²) in [5.74, 6) is 1.53. The van der Waals surface area contributed by atoms with Crippen molar-refractivity contribution in [3.8, 4) is 11.5 Å². The summed E-state index contributed by atoms with van der Waals surface area (Å²) in [5, 5.41) is 0. The maximum absolute atomic E-state index is 5.87. The molecule has 0 bridgehead atoms. The molecule has 0 aliphatic heterocycles. The minimum Gasteiger partial charge on any atom is -0.489 e. The summed E-state index contributed by atoms with van der Waals surface area (Å²) < 4.78 is 11.7. The van der Waals surface area contributed by atoms with Crippen LogP contribution in [0.1, 0.15) is 16.7 Å². The first-order chi connectivity index (χ1) is 11.3. The van der Waals surface area contributed by atoms with E-state index in [0.29, 0.717) is 13.2 Å². The van der Waals surface area contributed by atoms with Gasteiger partial charge in [0.15, 0.2) is 0 Å². The average Bonchev–Trinajstić information content (AvgIpc) is 2.62. The van der Waals surface area contributed by atoms with Gasteiger partial charge in [0.05, 0.1) is 0 Å². The molecule has 0 unspecified atom stereocenters. The van der Waals surface area contributed by atoms with Crippen molar-refractivity contribution in [2.24, 2.45) is 0 Å². The van der Waals surface area contributed by atoms with Crippen LogP contribution in [0.2, 0.25) is 0 Å². The van der Waals surface area contributed by atoms with Crippen LogP contribution < -0.4 is 9.47 Å². The minimum absolute atomic E-state index is 0.519. The number of hydrogen-bond acceptors (Lipinski definition) is 2. The quantitative estimate of drug-likeness (QED) is 0.636. The summed E-state index contributed by atoms with van der Waals surface area (Å²) >= 11 is 0. The molecule has 0 aromatic heterocycles. The Bertz CT molecular complexity index is 736. The molecule has 0 saturated carbocycles. The maximum atomic E-state index is 5.87. The lowest BCUT2D eigenvalue weighted by Gasteiger charge is -2.12. The van der Waals surface area contributed by atoms with Gasteiger partial charge >= 0.3 is 0 Å². The molecule has 0 spiro atoms. The van der Waals surface area contributed by atoms with E-state index in [-0.39, 0.29) is 0 Å². The van der Waals surface area contributed by atoms with Gasteiger partial charge in [-0.1, -0.05) is 66.7 Å². The normalized spacial score (nSPS) is 10.3. The molecule has 0 aliphatic rings. The molecular weight excluding hydrogens is 284 g/mol. The standard InChI is InChI=1S/C21H19O2/c1-17-12-13-20(22-15-18-8-4-2-5-9-18)14-21(17)23-16-19-10-6-3-7-11-19/h2-14H,1,15-16H2. The first kappa shape index (κ1) is 15.2. The van der Waals surface area contributed by atoms with Gasteiger partial charge in [0, 0.05) is 6.07 Å². The van der Waals surface area contributed by atoms with Crippen molar-refractivity contribution in [1.29, 1.82) is 0 Å². The Morgan fingerprint density at radius 3 is 1.83 bits per heavy atom. The van der Waals surface area contributed by atoms with E-state index in [1.54, 1.807) is 0 Å². The van der Waals surface area contributed by atoms with Crippen molar-refractivity contribution < 1.29 is 9.47 Å². The van der Waals surface area contributed by atoms with E-state index in [9.17, 15) is 0 Å². The van der Waals surface area contributed by atoms with Crippen LogP contribution >= 0.6 is 0 Å². The van der Waals surface area contributed by atoms with E-state index in [4.69, 9.17) is 9.47 Å². The van der Waals surface area contributed by atoms with Gasteiger partial charge in [-0.3, -0.25) is 0 Å². The van der Waals surface area contributed by atoms with Gasteiger partial charge in [0.1, 0.15) is 24.7 Å². The molecule has 115 valence electrons. The van der Waals surface area contributed by atoms with E-state index in [1.165, 1.54) is 0 Å². The molecule has 0 atom stereocenters. The molecule has 0 amide bonds. The third kappa shape index (κ3) is 4.36. The van der Waals surface area contributed by atoms with Crippen molar-refractivity contribution in [2.45, 2.75) is 13.2 Å². The molecule has 2 heteroatoms. The van der Waals surface area contributed by atoms with Gasteiger partial charge < -0.3 is 9.47 Å². The van der Waals surface area contributed by atoms with Crippen molar-refractivity contribution in [2.75, 3.05) is 0 Å². The van der Waals surface area contributed by atoms with Crippen LogP contribution in [-0.2, 0) is 13.2 Å². The largest absolute Gasteiger partial charge is 0.489 e. The fourth-order valence-corrected chi connectivity index (χ4v) is 2.24. The summed E-state index contributed by atoms with van der Waals surface area (Å²) in [6.45, 7) is 5.07. The second kappa shape index (κ2) is 7.50. The molecule has 3 aromatic rings. The second-order valence-corrected chi connectivity index (χ2v) is 5.32. The summed E-state index contributed by atoms with van der Waals surface area (Å²) in [6.07, 6.45) is 0. The Morgan fingerprint density at radius 1 is 0.652 bits per heavy atom. The van der Waals surface area contributed by atoms with Crippen LogP contribution in [0.15, 0.2) is 78.9 Å². The topological polar surface area (TPSA) is 18.5 Å². The Kier molecular flexibility index (Phi) is 4.95. The lowest BCUT2D eigenvalue weighted by Crippen LogP contribution is -1.99. The fraction of sp³-hybridized carbons (Fsp3) is 0.0952. The molecule has 0 aliphatic carbocycles. The van der Waals surface area contributed by atoms with Gasteiger partial charge in [0.2, 0.25) is 0 Å². The smallest absolute Gasteiger partial charge is 0.126 e. The molecule has 0 fully saturated rings. The summed E-state index contributed by atoms with van der Waals surface area (Å²) in [7, 11) is 0. The van der Waals surface area contributed by atoms with Gasteiger partial charge in [-0.15, -0.1) is 0 Å². The molecule has 2 nitrogen and oxygen atoms in total. The van der Waals surface area contributed by atoms with Crippen molar-refractivity contribution in [3.63, 3.8) is 0 Å². The third-order valence-electron chi connectivity index (χ3n) is 3.52. The van der Waals surface area contributed by atoms with Crippen LogP contribution in [0, 0.1) is 6.92 Å². The fourth-order valence-electron chi connectivity index (χ4n) is 2.24. The molecule has 0 N–H and O–H groups in total. The van der Waals surface area contributed by atoms with Gasteiger partial charge in [-0.05, 0) is 29.7 Å². The summed E-state index contributed by atoms with van der Waals surface area (Å²) in [4.78, 5) is 0. The summed E-state index contributed by atoms with van der Waals surface area (Å²) in [5.41, 5.74) is 3.12. The molecule has 0 saturated heterocycles. The number of hydrogen-bond donors (Lipinski definition) is 0. The number of rotatable bonds is 6. The van der Waals surface area contributed by atoms with Gasteiger partial charge in [-0.2, -0.15) is 0 Å². The highest BCUT2D eigenvalue weighted by Gasteiger charge is 2.04. The van der Waals surface area contributed by atoms with E-state index in [0.717, 1.165) is 28.2 Å². The predicted molar refractivity (Wildman–Crippen MR) is 92.4 cm³/mol. The Hall–Kier alpha value is -2.74. The maximum Gasteiger partial charge on any atom is 0.126 e. The zero-order valence-corrected chi connectivity index (χ0v) is 12.9. The highest BCUT2D eigenvalue weighted by Crippen LogP contribution is 2.25. The van der Waals surface area contributed by atoms with Gasteiger partial charge in [-0.25, -0.2) is 0 Å². The van der Waals surface area contributed by atoms with Crippen molar-refractivity contribution >= 4 is 0 Å². The average molecular weight is 303 g/mol. The van der Waals surface area contributed by atoms with Gasteiger partial charge in [0.25, 0.3) is 0 Å². The van der Waals surface area contributed by atoms with Crippen LogP contribution in [0.4, 0.5) is 0 Å². The van der Waals surface area contributed by atoms with E-state index in [2.05, 4.69) is 6.92 Å². The van der Waals surface area contributed by atoms with Crippen molar-refractivity contribution in [1.82, 2.24) is 0 Å². The highest BCUT2D eigenvalue weighted by atomic mass is 16.5. The van der Waals surface area contributed by atoms with E-state index in [1.807, 2.05) is 78.9 Å². The molecule has 3 aromatic carbocycles. The summed E-state index contributed by atoms with van der Waals surface area (Å²) in [6, 6.07) is 25.9. The lowest BCUT2D eigenvalue weighted by molar-refractivity contribution is 0.289. The second-order valence-electron chi connectivity index (χ2n) is 5.32. The van der Waals surface area contributed by atoms with Crippen LogP contribution in [0.3, 0.4) is 0 Å². The monoisotopic (exact) mass is 303 g/mol. The molecule has 3 rings (SSSR count). The van der Waals surface area contributed by atoms with Crippen LogP contribution in [0.25, 0.3) is 0 Å². The SMILES string of the molecule is [CH2]c1ccc(OCc2ccccc2)cc1OCc1ccccc1. The first-order valence-electron chi connectivity index (χ1n) is 7.61. The van der Waals surface area contributed by atoms with Crippen LogP contribution in [0.5, 0.6) is 11.5 Å².